The van der Waals surface area contributed by atoms with Crippen LogP contribution in [-0.4, -0.2) is 73.9 Å². The fourth-order valence-corrected chi connectivity index (χ4v) is 6.51. The van der Waals surface area contributed by atoms with Crippen molar-refractivity contribution < 1.29 is 27.4 Å². The molecule has 1 amide bonds. The van der Waals surface area contributed by atoms with Gasteiger partial charge >= 0.3 is 0 Å². The lowest BCUT2D eigenvalue weighted by Crippen LogP contribution is -2.47. The topological polar surface area (TPSA) is 146 Å². The van der Waals surface area contributed by atoms with Crippen molar-refractivity contribution in [2.24, 2.45) is 0 Å². The predicted molar refractivity (Wildman–Crippen MR) is 146 cm³/mol. The van der Waals surface area contributed by atoms with E-state index in [0.29, 0.717) is 66.7 Å². The lowest BCUT2D eigenvalue weighted by Gasteiger charge is -2.37. The molecule has 5 rings (SSSR count). The van der Waals surface area contributed by atoms with Crippen LogP contribution in [0.1, 0.15) is 44.0 Å². The van der Waals surface area contributed by atoms with Gasteiger partial charge in [-0.05, 0) is 50.6 Å². The zero-order valence-corrected chi connectivity index (χ0v) is 23.3. The van der Waals surface area contributed by atoms with Crippen LogP contribution in [0.3, 0.4) is 0 Å². The van der Waals surface area contributed by atoms with Crippen LogP contribution in [0.25, 0.3) is 22.0 Å². The van der Waals surface area contributed by atoms with Crippen LogP contribution in [0, 0.1) is 0 Å². The average Bonchev–Trinajstić information content (AvgIpc) is 3.34. The first-order valence-electron chi connectivity index (χ1n) is 12.8. The second-order valence-electron chi connectivity index (χ2n) is 10.8. The number of nitrogen functional groups attached to an aromatic ring is 1. The van der Waals surface area contributed by atoms with Gasteiger partial charge < -0.3 is 24.8 Å². The number of piperidine rings is 1. The Hall–Kier alpha value is -3.32. The number of carbonyl (C=O) groups excluding carboxylic acids is 1. The van der Waals surface area contributed by atoms with Crippen molar-refractivity contribution in [3.8, 4) is 17.0 Å². The summed E-state index contributed by atoms with van der Waals surface area (Å²) in [5.41, 5.74) is 7.70. The molecule has 3 N–H and O–H groups in total. The molecule has 3 aromatic rings. The zero-order valence-electron chi connectivity index (χ0n) is 22.5. The quantitative estimate of drug-likeness (QED) is 0.485. The number of fused-ring (bicyclic) bond motifs is 1. The Morgan fingerprint density at radius 3 is 2.44 bits per heavy atom. The molecule has 1 aromatic carbocycles. The molecule has 2 aliphatic heterocycles. The van der Waals surface area contributed by atoms with Crippen LogP contribution >= 0.6 is 0 Å². The Labute approximate surface area is 227 Å². The maximum atomic E-state index is 13.4. The highest BCUT2D eigenvalue weighted by atomic mass is 32.2. The van der Waals surface area contributed by atoms with Crippen molar-refractivity contribution >= 4 is 32.7 Å². The molecule has 2 saturated heterocycles. The number of ether oxygens (including phenoxy) is 3. The number of nitrogens with two attached hydrogens (primary N) is 1. The summed E-state index contributed by atoms with van der Waals surface area (Å²) in [6.45, 7) is 7.40. The molecular formula is C27H33N5O6S. The number of hydrogen-bond donors (Lipinski definition) is 2. The average molecular weight is 556 g/mol. The molecule has 1 spiro atoms. The van der Waals surface area contributed by atoms with Crippen LogP contribution in [0.5, 0.6) is 5.88 Å². The lowest BCUT2D eigenvalue weighted by atomic mass is 10.0. The summed E-state index contributed by atoms with van der Waals surface area (Å²) in [4.78, 5) is 23.8. The number of amides is 1. The number of likely N-dealkylation sites (tertiary alicyclic amines) is 1. The largest absolute Gasteiger partial charge is 0.480 e. The number of aromatic nitrogens is 2. The SMILES string of the molecule is COc1ncc(-c2ccc3nc(N)c(C(=O)N4CCC5(CC4)OCCO5)cc3c2)cc1S(=O)(=O)NC(C)(C)C. The van der Waals surface area contributed by atoms with Crippen LogP contribution in [0.2, 0.25) is 0 Å². The minimum absolute atomic E-state index is 0.00433. The molecular weight excluding hydrogens is 522 g/mol. The number of methoxy groups -OCH3 is 1. The smallest absolute Gasteiger partial charge is 0.257 e. The molecule has 2 aliphatic rings. The molecule has 0 bridgehead atoms. The van der Waals surface area contributed by atoms with Gasteiger partial charge in [-0.1, -0.05) is 6.07 Å². The third-order valence-electron chi connectivity index (χ3n) is 6.78. The summed E-state index contributed by atoms with van der Waals surface area (Å²) in [5, 5.41) is 0.689. The number of nitrogens with zero attached hydrogens (tertiary/aromatic N) is 3. The van der Waals surface area contributed by atoms with E-state index in [2.05, 4.69) is 14.7 Å². The summed E-state index contributed by atoms with van der Waals surface area (Å²) < 4.78 is 45.6. The lowest BCUT2D eigenvalue weighted by molar-refractivity contribution is -0.181. The van der Waals surface area contributed by atoms with Crippen molar-refractivity contribution in [2.75, 3.05) is 39.1 Å². The van der Waals surface area contributed by atoms with Gasteiger partial charge in [0.15, 0.2) is 5.79 Å². The van der Waals surface area contributed by atoms with E-state index in [1.165, 1.54) is 13.2 Å². The second-order valence-corrected chi connectivity index (χ2v) is 12.5. The fraction of sp³-hybridized carbons (Fsp3) is 0.444. The number of anilines is 1. The summed E-state index contributed by atoms with van der Waals surface area (Å²) in [6.07, 6.45) is 2.75. The Balaban J connectivity index is 1.46. The first-order valence-corrected chi connectivity index (χ1v) is 14.2. The van der Waals surface area contributed by atoms with Gasteiger partial charge in [-0.25, -0.2) is 23.1 Å². The van der Waals surface area contributed by atoms with Gasteiger partial charge in [0.1, 0.15) is 10.7 Å². The van der Waals surface area contributed by atoms with Crippen LogP contribution in [0.4, 0.5) is 5.82 Å². The standard InChI is InChI=1S/C27H33N5O6S/c1-26(2,3)31-39(34,35)22-15-19(16-29-24(22)36-4)17-5-6-21-18(13-17)14-20(23(28)30-21)25(33)32-9-7-27(8-10-32)37-11-12-38-27/h5-6,13-16,31H,7-12H2,1-4H3,(H2,28,30). The number of sulfonamides is 1. The summed E-state index contributed by atoms with van der Waals surface area (Å²) in [7, 11) is -2.54. The van der Waals surface area contributed by atoms with E-state index in [9.17, 15) is 13.2 Å². The highest BCUT2D eigenvalue weighted by Crippen LogP contribution is 2.33. The molecule has 11 nitrogen and oxygen atoms in total. The molecule has 0 saturated carbocycles. The van der Waals surface area contributed by atoms with Crippen molar-refractivity contribution in [2.45, 2.75) is 49.8 Å². The van der Waals surface area contributed by atoms with E-state index in [0.717, 1.165) is 0 Å². The Kier molecular flexibility index (Phi) is 7.00. The molecule has 0 unspecified atom stereocenters. The van der Waals surface area contributed by atoms with E-state index < -0.39 is 21.3 Å². The molecule has 2 fully saturated rings. The van der Waals surface area contributed by atoms with E-state index in [1.807, 2.05) is 6.07 Å². The minimum Gasteiger partial charge on any atom is -0.480 e. The van der Waals surface area contributed by atoms with Crippen LogP contribution < -0.4 is 15.2 Å². The fourth-order valence-electron chi connectivity index (χ4n) is 4.94. The second kappa shape index (κ2) is 10.0. The minimum atomic E-state index is -3.91. The maximum Gasteiger partial charge on any atom is 0.257 e. The maximum absolute atomic E-state index is 13.4. The number of hydrogen-bond acceptors (Lipinski definition) is 9. The molecule has 0 aliphatic carbocycles. The monoisotopic (exact) mass is 555 g/mol. The molecule has 2 aromatic heterocycles. The van der Waals surface area contributed by atoms with E-state index in [4.69, 9.17) is 19.9 Å². The van der Waals surface area contributed by atoms with Crippen molar-refractivity contribution in [3.05, 3.63) is 42.1 Å². The summed E-state index contributed by atoms with van der Waals surface area (Å²) >= 11 is 0. The van der Waals surface area contributed by atoms with Crippen molar-refractivity contribution in [1.82, 2.24) is 19.6 Å². The Morgan fingerprint density at radius 1 is 1.10 bits per heavy atom. The predicted octanol–water partition coefficient (Wildman–Crippen LogP) is 2.94. The van der Waals surface area contributed by atoms with Gasteiger partial charge in [0.25, 0.3) is 5.91 Å². The highest BCUT2D eigenvalue weighted by molar-refractivity contribution is 7.89. The number of nitrogens with one attached hydrogen (secondary N) is 1. The van der Waals surface area contributed by atoms with Crippen LogP contribution in [0.15, 0.2) is 41.4 Å². The number of pyridine rings is 2. The Bertz CT molecular complexity index is 1520. The first-order chi connectivity index (χ1) is 18.4. The summed E-state index contributed by atoms with van der Waals surface area (Å²) in [6, 6.07) is 8.67. The molecule has 0 atom stereocenters. The van der Waals surface area contributed by atoms with Gasteiger partial charge in [-0.15, -0.1) is 0 Å². The highest BCUT2D eigenvalue weighted by Gasteiger charge is 2.41. The van der Waals surface area contributed by atoms with Gasteiger partial charge in [-0.3, -0.25) is 4.79 Å². The van der Waals surface area contributed by atoms with Crippen molar-refractivity contribution in [1.29, 1.82) is 0 Å². The zero-order chi connectivity index (χ0) is 28.0. The molecule has 0 radical (unpaired) electrons. The van der Waals surface area contributed by atoms with Gasteiger partial charge in [0, 0.05) is 48.6 Å². The molecule has 4 heterocycles. The Morgan fingerprint density at radius 2 is 1.79 bits per heavy atom. The number of rotatable bonds is 5. The number of carbonyl (C=O) groups is 1. The molecule has 12 heteroatoms. The first kappa shape index (κ1) is 27.3. The van der Waals surface area contributed by atoms with E-state index >= 15 is 0 Å². The molecule has 39 heavy (non-hydrogen) atoms. The van der Waals surface area contributed by atoms with Gasteiger partial charge in [0.05, 0.1) is 31.4 Å². The van der Waals surface area contributed by atoms with E-state index in [1.54, 1.807) is 50.1 Å². The van der Waals surface area contributed by atoms with Gasteiger partial charge in [0.2, 0.25) is 15.9 Å². The van der Waals surface area contributed by atoms with Crippen molar-refractivity contribution in [3.63, 3.8) is 0 Å². The van der Waals surface area contributed by atoms with Crippen LogP contribution in [-0.2, 0) is 19.5 Å². The number of benzene rings is 1. The molecule has 208 valence electrons. The third-order valence-corrected chi connectivity index (χ3v) is 8.53. The normalized spacial score (nSPS) is 17.6. The van der Waals surface area contributed by atoms with Gasteiger partial charge in [-0.2, -0.15) is 0 Å². The summed E-state index contributed by atoms with van der Waals surface area (Å²) in [5.74, 6) is -0.634. The van der Waals surface area contributed by atoms with E-state index in [-0.39, 0.29) is 22.5 Å². The third kappa shape index (κ3) is 5.55.